The van der Waals surface area contributed by atoms with Gasteiger partial charge in [0.05, 0.1) is 5.69 Å². The van der Waals surface area contributed by atoms with Crippen molar-refractivity contribution in [1.29, 1.82) is 0 Å². The summed E-state index contributed by atoms with van der Waals surface area (Å²) >= 11 is 0. The smallest absolute Gasteiger partial charge is 0.422 e. The number of guanidine groups is 1. The van der Waals surface area contributed by atoms with Gasteiger partial charge in [-0.15, -0.1) is 0 Å². The van der Waals surface area contributed by atoms with Crippen LogP contribution in [0, 0.1) is 0 Å². The molecular formula is C22H24F3N5O. The largest absolute Gasteiger partial charge is 0.484 e. The lowest BCUT2D eigenvalue weighted by molar-refractivity contribution is -0.153. The molecule has 3 aromatic rings. The molecule has 0 radical (unpaired) electrons. The van der Waals surface area contributed by atoms with E-state index in [1.165, 1.54) is 11.6 Å². The third-order valence-corrected chi connectivity index (χ3v) is 4.40. The fourth-order valence-electron chi connectivity index (χ4n) is 2.88. The number of aromatic nitrogens is 2. The van der Waals surface area contributed by atoms with Gasteiger partial charge in [0.15, 0.2) is 12.6 Å². The number of benzene rings is 2. The minimum Gasteiger partial charge on any atom is -0.484 e. The lowest BCUT2D eigenvalue weighted by Crippen LogP contribution is -2.37. The van der Waals surface area contributed by atoms with Gasteiger partial charge >= 0.3 is 6.18 Å². The Hall–Kier alpha value is -3.49. The van der Waals surface area contributed by atoms with Gasteiger partial charge < -0.3 is 15.4 Å². The van der Waals surface area contributed by atoms with E-state index in [-0.39, 0.29) is 5.75 Å². The van der Waals surface area contributed by atoms with E-state index in [1.54, 1.807) is 30.1 Å². The van der Waals surface area contributed by atoms with Crippen molar-refractivity contribution in [3.8, 4) is 11.4 Å². The van der Waals surface area contributed by atoms with Gasteiger partial charge in [0.2, 0.25) is 0 Å². The van der Waals surface area contributed by atoms with E-state index >= 15 is 0 Å². The van der Waals surface area contributed by atoms with Crippen LogP contribution < -0.4 is 15.4 Å². The van der Waals surface area contributed by atoms with Gasteiger partial charge in [-0.25, -0.2) is 4.68 Å². The Morgan fingerprint density at radius 2 is 1.87 bits per heavy atom. The molecule has 2 N–H and O–H groups in total. The molecule has 164 valence electrons. The van der Waals surface area contributed by atoms with Crippen molar-refractivity contribution in [1.82, 2.24) is 20.4 Å². The summed E-state index contributed by atoms with van der Waals surface area (Å²) in [6, 6.07) is 16.6. The topological polar surface area (TPSA) is 63.5 Å². The number of nitrogens with one attached hydrogen (secondary N) is 2. The minimum atomic E-state index is -4.36. The summed E-state index contributed by atoms with van der Waals surface area (Å²) in [5, 5.41) is 10.6. The number of hydrogen-bond donors (Lipinski definition) is 2. The standard InChI is InChI=1S/C22H24F3N5O/c1-26-21(28-15-18-4-2-5-20(14-18)31-16-22(23,24)25)27-12-10-17-6-8-19(9-7-17)30-13-3-11-29-30/h2-9,11,13-14H,10,12,15-16H2,1H3,(H2,26,27,28). The lowest BCUT2D eigenvalue weighted by Gasteiger charge is -2.13. The molecule has 0 spiro atoms. The third-order valence-electron chi connectivity index (χ3n) is 4.40. The first-order chi connectivity index (χ1) is 14.9. The molecule has 3 rings (SSSR count). The van der Waals surface area contributed by atoms with E-state index in [9.17, 15) is 13.2 Å². The molecule has 0 aliphatic rings. The Morgan fingerprint density at radius 3 is 2.55 bits per heavy atom. The maximum Gasteiger partial charge on any atom is 0.422 e. The molecule has 0 aliphatic carbocycles. The molecule has 0 aliphatic heterocycles. The highest BCUT2D eigenvalue weighted by Gasteiger charge is 2.28. The molecule has 0 saturated heterocycles. The van der Waals surface area contributed by atoms with E-state index < -0.39 is 12.8 Å². The highest BCUT2D eigenvalue weighted by atomic mass is 19.4. The number of nitrogens with zero attached hydrogens (tertiary/aromatic N) is 3. The average molecular weight is 431 g/mol. The van der Waals surface area contributed by atoms with Crippen LogP contribution in [-0.4, -0.2) is 42.1 Å². The van der Waals surface area contributed by atoms with Crippen molar-refractivity contribution in [2.24, 2.45) is 4.99 Å². The SMILES string of the molecule is CN=C(NCCc1ccc(-n2cccn2)cc1)NCc1cccc(OCC(F)(F)F)c1. The van der Waals surface area contributed by atoms with Crippen molar-refractivity contribution in [2.75, 3.05) is 20.2 Å². The molecule has 0 bridgehead atoms. The van der Waals surface area contributed by atoms with Crippen LogP contribution in [0.15, 0.2) is 72.0 Å². The normalized spacial score (nSPS) is 11.9. The highest BCUT2D eigenvalue weighted by Crippen LogP contribution is 2.19. The second kappa shape index (κ2) is 10.5. The number of hydrogen-bond acceptors (Lipinski definition) is 3. The second-order valence-electron chi connectivity index (χ2n) is 6.77. The summed E-state index contributed by atoms with van der Waals surface area (Å²) < 4.78 is 43.5. The first-order valence-corrected chi connectivity index (χ1v) is 9.75. The Bertz CT molecular complexity index is 970. The summed E-state index contributed by atoms with van der Waals surface area (Å²) in [6.07, 6.45) is 0.0766. The fraction of sp³-hybridized carbons (Fsp3) is 0.273. The zero-order valence-electron chi connectivity index (χ0n) is 17.1. The number of aliphatic imine (C=N–C) groups is 1. The summed E-state index contributed by atoms with van der Waals surface area (Å²) in [4.78, 5) is 4.18. The van der Waals surface area contributed by atoms with E-state index in [1.807, 2.05) is 30.5 Å². The summed E-state index contributed by atoms with van der Waals surface area (Å²) in [7, 11) is 1.66. The van der Waals surface area contributed by atoms with Crippen molar-refractivity contribution in [3.63, 3.8) is 0 Å². The minimum absolute atomic E-state index is 0.179. The molecule has 0 amide bonds. The average Bonchev–Trinajstić information content (AvgIpc) is 3.30. The highest BCUT2D eigenvalue weighted by molar-refractivity contribution is 5.79. The van der Waals surface area contributed by atoms with Crippen LogP contribution in [0.25, 0.3) is 5.69 Å². The molecule has 1 aromatic heterocycles. The van der Waals surface area contributed by atoms with Gasteiger partial charge in [0, 0.05) is 32.5 Å². The van der Waals surface area contributed by atoms with Crippen LogP contribution in [0.2, 0.25) is 0 Å². The number of alkyl halides is 3. The van der Waals surface area contributed by atoms with Gasteiger partial charge in [-0.1, -0.05) is 24.3 Å². The van der Waals surface area contributed by atoms with Crippen molar-refractivity contribution >= 4 is 5.96 Å². The summed E-state index contributed by atoms with van der Waals surface area (Å²) in [5.41, 5.74) is 2.96. The van der Waals surface area contributed by atoms with Crippen LogP contribution >= 0.6 is 0 Å². The van der Waals surface area contributed by atoms with Gasteiger partial charge in [-0.2, -0.15) is 18.3 Å². The maximum atomic E-state index is 12.3. The number of halogens is 3. The molecule has 0 saturated carbocycles. The van der Waals surface area contributed by atoms with Crippen molar-refractivity contribution in [2.45, 2.75) is 19.1 Å². The first-order valence-electron chi connectivity index (χ1n) is 9.75. The lowest BCUT2D eigenvalue weighted by atomic mass is 10.1. The molecule has 0 fully saturated rings. The summed E-state index contributed by atoms with van der Waals surface area (Å²) in [5.74, 6) is 0.785. The van der Waals surface area contributed by atoms with Gasteiger partial charge in [0.25, 0.3) is 0 Å². The Labute approximate surface area is 178 Å². The van der Waals surface area contributed by atoms with Crippen LogP contribution in [0.3, 0.4) is 0 Å². The molecule has 0 atom stereocenters. The van der Waals surface area contributed by atoms with E-state index in [4.69, 9.17) is 4.74 Å². The molecule has 2 aromatic carbocycles. The Morgan fingerprint density at radius 1 is 1.06 bits per heavy atom. The predicted molar refractivity (Wildman–Crippen MR) is 113 cm³/mol. The van der Waals surface area contributed by atoms with E-state index in [2.05, 4.69) is 32.9 Å². The van der Waals surface area contributed by atoms with Crippen LogP contribution in [0.4, 0.5) is 13.2 Å². The zero-order chi connectivity index (χ0) is 22.1. The molecule has 31 heavy (non-hydrogen) atoms. The molecule has 0 unspecified atom stereocenters. The maximum absolute atomic E-state index is 12.3. The van der Waals surface area contributed by atoms with E-state index in [0.717, 1.165) is 17.7 Å². The fourth-order valence-corrected chi connectivity index (χ4v) is 2.88. The van der Waals surface area contributed by atoms with E-state index in [0.29, 0.717) is 19.0 Å². The first kappa shape index (κ1) is 22.2. The molecular weight excluding hydrogens is 407 g/mol. The molecule has 6 nitrogen and oxygen atoms in total. The molecule has 9 heteroatoms. The number of ether oxygens (including phenoxy) is 1. The van der Waals surface area contributed by atoms with Gasteiger partial charge in [-0.05, 0) is 47.9 Å². The monoisotopic (exact) mass is 431 g/mol. The molecule has 1 heterocycles. The van der Waals surface area contributed by atoms with Crippen LogP contribution in [-0.2, 0) is 13.0 Å². The van der Waals surface area contributed by atoms with Crippen molar-refractivity contribution < 1.29 is 17.9 Å². The zero-order valence-corrected chi connectivity index (χ0v) is 17.1. The van der Waals surface area contributed by atoms with Crippen LogP contribution in [0.1, 0.15) is 11.1 Å². The number of rotatable bonds is 8. The summed E-state index contributed by atoms with van der Waals surface area (Å²) in [6.45, 7) is -0.229. The van der Waals surface area contributed by atoms with Gasteiger partial charge in [-0.3, -0.25) is 4.99 Å². The Kier molecular flexibility index (Phi) is 7.53. The third kappa shape index (κ3) is 7.36. The van der Waals surface area contributed by atoms with Gasteiger partial charge in [0.1, 0.15) is 5.75 Å². The quantitative estimate of drug-likeness (QED) is 0.422. The second-order valence-corrected chi connectivity index (χ2v) is 6.77. The predicted octanol–water partition coefficient (Wildman–Crippen LogP) is 3.72. The van der Waals surface area contributed by atoms with Crippen LogP contribution in [0.5, 0.6) is 5.75 Å². The Balaban J connectivity index is 1.44. The van der Waals surface area contributed by atoms with Crippen molar-refractivity contribution in [3.05, 3.63) is 78.1 Å².